The van der Waals surface area contributed by atoms with Crippen molar-refractivity contribution in [3.8, 4) is 17.1 Å². The lowest BCUT2D eigenvalue weighted by atomic mass is 9.85. The predicted molar refractivity (Wildman–Crippen MR) is 79.6 cm³/mol. The summed E-state index contributed by atoms with van der Waals surface area (Å²) in [5.41, 5.74) is 3.62. The molecule has 0 aliphatic heterocycles. The fraction of sp³-hybridized carbons (Fsp3) is 0.333. The average Bonchev–Trinajstić information content (AvgIpc) is 2.95. The van der Waals surface area contributed by atoms with E-state index >= 15 is 0 Å². The Morgan fingerprint density at radius 2 is 2.00 bits per heavy atom. The summed E-state index contributed by atoms with van der Waals surface area (Å²) in [7, 11) is 0. The van der Waals surface area contributed by atoms with Crippen LogP contribution in [0.4, 0.5) is 0 Å². The molecule has 0 fully saturated rings. The van der Waals surface area contributed by atoms with Gasteiger partial charge in [0, 0.05) is 6.07 Å². The highest BCUT2D eigenvalue weighted by Crippen LogP contribution is 2.45. The Hall–Kier alpha value is -1.82. The maximum atomic E-state index is 10.9. The number of nitrogens with zero attached hydrogens (tertiary/aromatic N) is 1. The van der Waals surface area contributed by atoms with Crippen molar-refractivity contribution in [2.75, 3.05) is 0 Å². The molecule has 21 heavy (non-hydrogen) atoms. The Kier molecular flexibility index (Phi) is 3.49. The highest BCUT2D eigenvalue weighted by Gasteiger charge is 2.25. The first-order chi connectivity index (χ1) is 10.0. The van der Waals surface area contributed by atoms with E-state index in [1.54, 1.807) is 0 Å². The van der Waals surface area contributed by atoms with Crippen LogP contribution in [0.5, 0.6) is 5.75 Å². The molecule has 1 aliphatic rings. The first kappa shape index (κ1) is 14.1. The molecule has 0 bridgehead atoms. The van der Waals surface area contributed by atoms with Crippen LogP contribution in [0.15, 0.2) is 15.1 Å². The smallest absolute Gasteiger partial charge is 0.358 e. The van der Waals surface area contributed by atoms with Gasteiger partial charge in [-0.05, 0) is 65.2 Å². The Labute approximate surface area is 129 Å². The van der Waals surface area contributed by atoms with Crippen LogP contribution in [0.2, 0.25) is 0 Å². The third kappa shape index (κ3) is 2.23. The lowest BCUT2D eigenvalue weighted by Crippen LogP contribution is -2.07. The lowest BCUT2D eigenvalue weighted by molar-refractivity contribution is 0.0686. The molecule has 6 heteroatoms. The molecular weight excluding hydrogens is 338 g/mol. The molecule has 0 radical (unpaired) electrons. The molecule has 1 heterocycles. The van der Waals surface area contributed by atoms with Gasteiger partial charge in [0.25, 0.3) is 0 Å². The maximum absolute atomic E-state index is 10.9. The second-order valence-electron chi connectivity index (χ2n) is 5.21. The molecule has 0 spiro atoms. The summed E-state index contributed by atoms with van der Waals surface area (Å²) in [6, 6.07) is 1.34. The minimum absolute atomic E-state index is 0.0845. The fourth-order valence-corrected chi connectivity index (χ4v) is 3.57. The molecule has 0 saturated heterocycles. The van der Waals surface area contributed by atoms with Crippen LogP contribution < -0.4 is 0 Å². The van der Waals surface area contributed by atoms with Gasteiger partial charge in [-0.2, -0.15) is 0 Å². The molecule has 3 rings (SSSR count). The van der Waals surface area contributed by atoms with E-state index in [1.165, 1.54) is 11.6 Å². The van der Waals surface area contributed by atoms with Crippen molar-refractivity contribution in [2.24, 2.45) is 0 Å². The van der Waals surface area contributed by atoms with Crippen LogP contribution >= 0.6 is 15.9 Å². The topological polar surface area (TPSA) is 83.6 Å². The van der Waals surface area contributed by atoms with Crippen LogP contribution in [0.1, 0.15) is 40.0 Å². The number of phenolic OH excluding ortho intramolecular Hbond substituents is 1. The first-order valence-electron chi connectivity index (χ1n) is 6.74. The lowest BCUT2D eigenvalue weighted by Gasteiger charge is -2.22. The van der Waals surface area contributed by atoms with E-state index in [9.17, 15) is 9.90 Å². The molecular formula is C15H14BrNO4. The monoisotopic (exact) mass is 351 g/mol. The van der Waals surface area contributed by atoms with E-state index in [0.717, 1.165) is 36.8 Å². The summed E-state index contributed by atoms with van der Waals surface area (Å²) in [5.74, 6) is -0.795. The number of carboxylic acids is 1. The van der Waals surface area contributed by atoms with E-state index in [4.69, 9.17) is 9.63 Å². The number of hydrogen-bond acceptors (Lipinski definition) is 4. The Balaban J connectivity index is 2.22. The Morgan fingerprint density at radius 1 is 1.33 bits per heavy atom. The fourth-order valence-electron chi connectivity index (χ4n) is 2.94. The number of halogens is 1. The van der Waals surface area contributed by atoms with E-state index in [2.05, 4.69) is 21.1 Å². The Bertz CT molecular complexity index is 736. The standard InChI is InChI=1S/C15H14BrNO4/c1-7-8-4-2-3-5-9(8)13(16)14(18)12(7)11-6-10(15(19)20)17-21-11/h6,18H,2-5H2,1H3,(H,19,20). The third-order valence-corrected chi connectivity index (χ3v) is 4.84. The highest BCUT2D eigenvalue weighted by molar-refractivity contribution is 9.10. The maximum Gasteiger partial charge on any atom is 0.358 e. The molecule has 2 aromatic rings. The van der Waals surface area contributed by atoms with Gasteiger partial charge < -0.3 is 14.7 Å². The number of aromatic nitrogens is 1. The summed E-state index contributed by atoms with van der Waals surface area (Å²) in [5, 5.41) is 22.9. The van der Waals surface area contributed by atoms with Crippen LogP contribution in [0.25, 0.3) is 11.3 Å². The number of carbonyl (C=O) groups is 1. The number of aromatic carboxylic acids is 1. The van der Waals surface area contributed by atoms with Crippen LogP contribution in [0.3, 0.4) is 0 Å². The van der Waals surface area contributed by atoms with E-state index in [-0.39, 0.29) is 17.2 Å². The van der Waals surface area contributed by atoms with Gasteiger partial charge in [0.05, 0.1) is 10.0 Å². The van der Waals surface area contributed by atoms with Crippen molar-refractivity contribution < 1.29 is 19.5 Å². The Morgan fingerprint density at radius 3 is 2.62 bits per heavy atom. The van der Waals surface area contributed by atoms with Crippen molar-refractivity contribution >= 4 is 21.9 Å². The van der Waals surface area contributed by atoms with Gasteiger partial charge in [0.1, 0.15) is 5.75 Å². The second kappa shape index (κ2) is 5.18. The van der Waals surface area contributed by atoms with Crippen molar-refractivity contribution in [3.63, 3.8) is 0 Å². The first-order valence-corrected chi connectivity index (χ1v) is 7.53. The summed E-state index contributed by atoms with van der Waals surface area (Å²) >= 11 is 3.46. The normalized spacial score (nSPS) is 14.0. The molecule has 0 saturated carbocycles. The second-order valence-corrected chi connectivity index (χ2v) is 6.00. The molecule has 0 atom stereocenters. The predicted octanol–water partition coefficient (Wildman–Crippen LogP) is 3.70. The zero-order valence-electron chi connectivity index (χ0n) is 11.4. The number of fused-ring (bicyclic) bond motifs is 1. The number of rotatable bonds is 2. The van der Waals surface area contributed by atoms with Gasteiger partial charge in [0.15, 0.2) is 11.5 Å². The van der Waals surface area contributed by atoms with Crippen LogP contribution in [-0.2, 0) is 12.8 Å². The van der Waals surface area contributed by atoms with Gasteiger partial charge in [-0.1, -0.05) is 5.16 Å². The molecule has 110 valence electrons. The minimum Gasteiger partial charge on any atom is -0.506 e. The van der Waals surface area contributed by atoms with E-state index < -0.39 is 5.97 Å². The van der Waals surface area contributed by atoms with Gasteiger partial charge in [0.2, 0.25) is 0 Å². The molecule has 1 aromatic carbocycles. The van der Waals surface area contributed by atoms with Crippen molar-refractivity contribution in [1.29, 1.82) is 0 Å². The average molecular weight is 352 g/mol. The van der Waals surface area contributed by atoms with Gasteiger partial charge >= 0.3 is 5.97 Å². The summed E-state index contributed by atoms with van der Waals surface area (Å²) in [6.07, 6.45) is 4.10. The van der Waals surface area contributed by atoms with Crippen molar-refractivity contribution in [1.82, 2.24) is 5.16 Å². The van der Waals surface area contributed by atoms with Gasteiger partial charge in [-0.25, -0.2) is 4.79 Å². The zero-order chi connectivity index (χ0) is 15.1. The highest BCUT2D eigenvalue weighted by atomic mass is 79.9. The third-order valence-electron chi connectivity index (χ3n) is 3.98. The quantitative estimate of drug-likeness (QED) is 0.861. The van der Waals surface area contributed by atoms with Crippen molar-refractivity contribution in [3.05, 3.63) is 32.9 Å². The zero-order valence-corrected chi connectivity index (χ0v) is 13.0. The molecule has 5 nitrogen and oxygen atoms in total. The number of benzene rings is 1. The molecule has 0 amide bonds. The molecule has 0 unspecified atom stereocenters. The number of aromatic hydroxyl groups is 1. The number of carboxylic acid groups (broad SMARTS) is 1. The van der Waals surface area contributed by atoms with Gasteiger partial charge in [-0.15, -0.1) is 0 Å². The molecule has 1 aromatic heterocycles. The summed E-state index contributed by atoms with van der Waals surface area (Å²) in [4.78, 5) is 10.9. The summed E-state index contributed by atoms with van der Waals surface area (Å²) in [6.45, 7) is 1.93. The number of hydrogen-bond donors (Lipinski definition) is 2. The molecule has 1 aliphatic carbocycles. The van der Waals surface area contributed by atoms with Gasteiger partial charge in [-0.3, -0.25) is 0 Å². The minimum atomic E-state index is -1.15. The SMILES string of the molecule is Cc1c2c(c(Br)c(O)c1-c1cc(C(=O)O)no1)CCCC2. The van der Waals surface area contributed by atoms with E-state index in [1.807, 2.05) is 6.92 Å². The largest absolute Gasteiger partial charge is 0.506 e. The molecule has 2 N–H and O–H groups in total. The summed E-state index contributed by atoms with van der Waals surface area (Å²) < 4.78 is 5.78. The van der Waals surface area contributed by atoms with E-state index in [0.29, 0.717) is 10.0 Å². The van der Waals surface area contributed by atoms with Crippen LogP contribution in [0, 0.1) is 6.92 Å². The number of phenols is 1. The van der Waals surface area contributed by atoms with Crippen molar-refractivity contribution in [2.45, 2.75) is 32.6 Å². The van der Waals surface area contributed by atoms with Crippen LogP contribution in [-0.4, -0.2) is 21.3 Å².